The minimum absolute atomic E-state index is 0.00600. The number of hydrogen-bond acceptors (Lipinski definition) is 6. The molecular formula is C42H48F3N3O6. The maximum Gasteiger partial charge on any atom is 0.416 e. The van der Waals surface area contributed by atoms with Gasteiger partial charge in [0.05, 0.1) is 5.56 Å². The van der Waals surface area contributed by atoms with E-state index in [2.05, 4.69) is 13.2 Å². The largest absolute Gasteiger partial charge is 0.459 e. The zero-order valence-corrected chi connectivity index (χ0v) is 31.6. The minimum Gasteiger partial charge on any atom is -0.459 e. The van der Waals surface area contributed by atoms with E-state index in [4.69, 9.17) is 9.47 Å². The van der Waals surface area contributed by atoms with Gasteiger partial charge >= 0.3 is 18.2 Å². The number of esters is 1. The van der Waals surface area contributed by atoms with E-state index >= 15 is 0 Å². The van der Waals surface area contributed by atoms with Crippen molar-refractivity contribution in [3.8, 4) is 11.1 Å². The van der Waals surface area contributed by atoms with Crippen molar-refractivity contribution in [3.63, 3.8) is 0 Å². The van der Waals surface area contributed by atoms with Gasteiger partial charge in [0.2, 0.25) is 11.8 Å². The fraction of sp³-hybridized carbons (Fsp3) is 0.381. The predicted molar refractivity (Wildman–Crippen MR) is 200 cm³/mol. The highest BCUT2D eigenvalue weighted by molar-refractivity contribution is 5.93. The molecule has 0 N–H and O–H groups in total. The van der Waals surface area contributed by atoms with Crippen LogP contribution >= 0.6 is 0 Å². The van der Waals surface area contributed by atoms with Gasteiger partial charge < -0.3 is 19.3 Å². The molecule has 0 aromatic heterocycles. The van der Waals surface area contributed by atoms with Gasteiger partial charge in [-0.1, -0.05) is 72.3 Å². The lowest BCUT2D eigenvalue weighted by molar-refractivity contribution is -0.159. The molecular weight excluding hydrogens is 699 g/mol. The van der Waals surface area contributed by atoms with Crippen molar-refractivity contribution in [1.29, 1.82) is 0 Å². The van der Waals surface area contributed by atoms with Crippen LogP contribution in [0.5, 0.6) is 0 Å². The average molecular weight is 748 g/mol. The molecule has 2 atom stereocenters. The Bertz CT molecular complexity index is 1820. The summed E-state index contributed by atoms with van der Waals surface area (Å²) in [5.74, 6) is -2.24. The predicted octanol–water partition coefficient (Wildman–Crippen LogP) is 7.65. The second-order valence-corrected chi connectivity index (χ2v) is 14.6. The third-order valence-corrected chi connectivity index (χ3v) is 9.06. The molecule has 0 radical (unpaired) electrons. The standard InChI is InChI=1S/C42H48F3N3O6/c1-9-22-48(36(24-28-18-20-29(21-19-28)42(43,44)45)38(50)46(7)25-37(49)54-41(4,5)6)39(51)35(23-27(2)3)47(8)40(52)53-26-34-32-16-12-10-14-30(32)31-15-11-13-17-33(31)34/h9-21,34-36H,1-2,22-26H2,3-8H3/t35-,36-/m0/s1. The fourth-order valence-corrected chi connectivity index (χ4v) is 6.53. The topological polar surface area (TPSA) is 96.5 Å². The van der Waals surface area contributed by atoms with E-state index in [9.17, 15) is 32.3 Å². The first-order chi connectivity index (χ1) is 25.3. The second kappa shape index (κ2) is 17.2. The van der Waals surface area contributed by atoms with Crippen LogP contribution in [0.1, 0.15) is 62.3 Å². The first-order valence-corrected chi connectivity index (χ1v) is 17.6. The van der Waals surface area contributed by atoms with Crippen LogP contribution in [0.2, 0.25) is 0 Å². The Morgan fingerprint density at radius 2 is 1.41 bits per heavy atom. The van der Waals surface area contributed by atoms with Gasteiger partial charge in [0.25, 0.3) is 0 Å². The van der Waals surface area contributed by atoms with Crippen molar-refractivity contribution in [2.75, 3.05) is 33.8 Å². The molecule has 0 heterocycles. The van der Waals surface area contributed by atoms with Crippen LogP contribution in [0.4, 0.5) is 18.0 Å². The number of benzene rings is 3. The molecule has 1 aliphatic rings. The number of carbonyl (C=O) groups excluding carboxylic acids is 4. The van der Waals surface area contributed by atoms with Crippen molar-refractivity contribution in [2.45, 2.75) is 70.3 Å². The van der Waals surface area contributed by atoms with Crippen LogP contribution in [0.25, 0.3) is 11.1 Å². The summed E-state index contributed by atoms with van der Waals surface area (Å²) in [5, 5.41) is 0. The molecule has 9 nitrogen and oxygen atoms in total. The van der Waals surface area contributed by atoms with Crippen LogP contribution in [0, 0.1) is 0 Å². The van der Waals surface area contributed by atoms with Gasteiger partial charge in [0.1, 0.15) is 30.8 Å². The Kier molecular flexibility index (Phi) is 13.2. The zero-order chi connectivity index (χ0) is 40.0. The van der Waals surface area contributed by atoms with E-state index in [1.165, 1.54) is 42.1 Å². The number of hydrogen-bond donors (Lipinski definition) is 0. The van der Waals surface area contributed by atoms with Crippen LogP contribution in [-0.4, -0.2) is 90.1 Å². The summed E-state index contributed by atoms with van der Waals surface area (Å²) < 4.78 is 51.4. The van der Waals surface area contributed by atoms with E-state index in [-0.39, 0.29) is 31.9 Å². The molecule has 3 aromatic carbocycles. The number of likely N-dealkylation sites (N-methyl/N-ethyl adjacent to an activating group) is 2. The molecule has 12 heteroatoms. The number of nitrogens with zero attached hydrogens (tertiary/aromatic N) is 3. The normalized spacial score (nSPS) is 13.5. The first-order valence-electron chi connectivity index (χ1n) is 17.6. The smallest absolute Gasteiger partial charge is 0.416 e. The number of rotatable bonds is 14. The highest BCUT2D eigenvalue weighted by atomic mass is 19.4. The van der Waals surface area contributed by atoms with Gasteiger partial charge in [0.15, 0.2) is 0 Å². The Hall–Kier alpha value is -5.39. The van der Waals surface area contributed by atoms with E-state index in [0.717, 1.165) is 39.3 Å². The van der Waals surface area contributed by atoms with Crippen LogP contribution < -0.4 is 0 Å². The van der Waals surface area contributed by atoms with Gasteiger partial charge in [-0.3, -0.25) is 19.3 Å². The monoisotopic (exact) mass is 747 g/mol. The lowest BCUT2D eigenvalue weighted by atomic mass is 9.98. The third-order valence-electron chi connectivity index (χ3n) is 9.06. The summed E-state index contributed by atoms with van der Waals surface area (Å²) in [4.78, 5) is 58.8. The van der Waals surface area contributed by atoms with Gasteiger partial charge in [-0.25, -0.2) is 4.79 Å². The summed E-state index contributed by atoms with van der Waals surface area (Å²) >= 11 is 0. The summed E-state index contributed by atoms with van der Waals surface area (Å²) in [6, 6.07) is 17.5. The number of ether oxygens (including phenoxy) is 2. The molecule has 4 rings (SSSR count). The molecule has 0 aliphatic heterocycles. The maximum absolute atomic E-state index is 14.6. The lowest BCUT2D eigenvalue weighted by Gasteiger charge is -2.37. The quantitative estimate of drug-likeness (QED) is 0.124. The summed E-state index contributed by atoms with van der Waals surface area (Å²) in [6.45, 7) is 13.9. The first kappa shape index (κ1) is 41.4. The molecule has 3 aromatic rings. The Morgan fingerprint density at radius 3 is 1.91 bits per heavy atom. The molecule has 0 fully saturated rings. The molecule has 0 saturated carbocycles. The highest BCUT2D eigenvalue weighted by Gasteiger charge is 2.39. The van der Waals surface area contributed by atoms with Crippen molar-refractivity contribution < 1.29 is 41.8 Å². The fourth-order valence-electron chi connectivity index (χ4n) is 6.53. The Labute approximate surface area is 315 Å². The summed E-state index contributed by atoms with van der Waals surface area (Å²) in [7, 11) is 2.80. The van der Waals surface area contributed by atoms with Crippen LogP contribution in [-0.2, 0) is 36.5 Å². The minimum atomic E-state index is -4.58. The van der Waals surface area contributed by atoms with E-state index in [1.807, 2.05) is 48.5 Å². The molecule has 0 unspecified atom stereocenters. The molecule has 1 aliphatic carbocycles. The molecule has 54 heavy (non-hydrogen) atoms. The number of amides is 3. The number of carbonyl (C=O) groups is 4. The van der Waals surface area contributed by atoms with Crippen LogP contribution in [0.3, 0.4) is 0 Å². The highest BCUT2D eigenvalue weighted by Crippen LogP contribution is 2.44. The second-order valence-electron chi connectivity index (χ2n) is 14.6. The van der Waals surface area contributed by atoms with Crippen molar-refractivity contribution in [1.82, 2.24) is 14.7 Å². The molecule has 0 bridgehead atoms. The summed E-state index contributed by atoms with van der Waals surface area (Å²) in [6.07, 6.45) is -4.14. The Morgan fingerprint density at radius 1 is 0.852 bits per heavy atom. The van der Waals surface area contributed by atoms with Gasteiger partial charge in [0, 0.05) is 33.0 Å². The van der Waals surface area contributed by atoms with Gasteiger partial charge in [-0.05, 0) is 74.1 Å². The molecule has 288 valence electrons. The zero-order valence-electron chi connectivity index (χ0n) is 31.6. The average Bonchev–Trinajstić information content (AvgIpc) is 3.42. The molecule has 3 amide bonds. The van der Waals surface area contributed by atoms with Crippen molar-refractivity contribution >= 4 is 23.9 Å². The maximum atomic E-state index is 14.6. The number of fused-ring (bicyclic) bond motifs is 3. The van der Waals surface area contributed by atoms with Crippen molar-refractivity contribution in [3.05, 3.63) is 120 Å². The van der Waals surface area contributed by atoms with Gasteiger partial charge in [-0.2, -0.15) is 13.2 Å². The van der Waals surface area contributed by atoms with E-state index in [1.54, 1.807) is 27.7 Å². The van der Waals surface area contributed by atoms with E-state index in [0.29, 0.717) is 11.1 Å². The number of halogens is 3. The van der Waals surface area contributed by atoms with Gasteiger partial charge in [-0.15, -0.1) is 13.2 Å². The third kappa shape index (κ3) is 10.2. The lowest BCUT2D eigenvalue weighted by Crippen LogP contribution is -2.57. The molecule has 0 spiro atoms. The molecule has 0 saturated heterocycles. The number of alkyl halides is 3. The van der Waals surface area contributed by atoms with Crippen molar-refractivity contribution in [2.24, 2.45) is 0 Å². The van der Waals surface area contributed by atoms with E-state index < -0.39 is 59.8 Å². The SMILES string of the molecule is C=CCN(C(=O)[C@H](CC(=C)C)N(C)C(=O)OCC1c2ccccc2-c2ccccc21)[C@@H](Cc1ccc(C(F)(F)F)cc1)C(=O)N(C)CC(=O)OC(C)(C)C. The Balaban J connectivity index is 1.64. The van der Waals surface area contributed by atoms with Crippen LogP contribution in [0.15, 0.2) is 97.6 Å². The summed E-state index contributed by atoms with van der Waals surface area (Å²) in [5.41, 5.74) is 3.33.